The smallest absolute Gasteiger partial charge is 0.376 e. The largest absolute Gasteiger partial charge is 0.507 e. The van der Waals surface area contributed by atoms with Crippen LogP contribution in [0.25, 0.3) is 0 Å². The molecule has 1 aromatic carbocycles. The number of benzene rings is 1. The van der Waals surface area contributed by atoms with Crippen molar-refractivity contribution in [2.75, 3.05) is 6.61 Å². The van der Waals surface area contributed by atoms with E-state index >= 15 is 0 Å². The Labute approximate surface area is 94.7 Å². The van der Waals surface area contributed by atoms with Gasteiger partial charge in [-0.05, 0) is 30.5 Å². The van der Waals surface area contributed by atoms with Crippen molar-refractivity contribution in [1.29, 1.82) is 0 Å². The molecule has 16 heavy (non-hydrogen) atoms. The monoisotopic (exact) mass is 224 g/mol. The summed E-state index contributed by atoms with van der Waals surface area (Å²) in [5.41, 5.74) is 1.08. The van der Waals surface area contributed by atoms with Gasteiger partial charge in [-0.2, -0.15) is 4.89 Å². The van der Waals surface area contributed by atoms with E-state index in [0.29, 0.717) is 0 Å². The van der Waals surface area contributed by atoms with Crippen LogP contribution >= 0.6 is 0 Å². The molecule has 0 saturated carbocycles. The molecule has 0 heterocycles. The topological polar surface area (TPSA) is 55.8 Å². The van der Waals surface area contributed by atoms with Crippen molar-refractivity contribution in [1.82, 2.24) is 0 Å². The molecule has 0 amide bonds. The van der Waals surface area contributed by atoms with Gasteiger partial charge in [0.25, 0.3) is 0 Å². The minimum Gasteiger partial charge on any atom is -0.507 e. The lowest BCUT2D eigenvalue weighted by Gasteiger charge is -2.08. The van der Waals surface area contributed by atoms with Gasteiger partial charge in [0.15, 0.2) is 0 Å². The first kappa shape index (κ1) is 12.5. The molecule has 0 atom stereocenters. The van der Waals surface area contributed by atoms with Gasteiger partial charge in [-0.1, -0.05) is 19.9 Å². The van der Waals surface area contributed by atoms with Crippen LogP contribution in [-0.2, 0) is 9.78 Å². The quantitative estimate of drug-likeness (QED) is 0.631. The number of phenols is 1. The summed E-state index contributed by atoms with van der Waals surface area (Å²) in [5.74, 6) is -0.504. The summed E-state index contributed by atoms with van der Waals surface area (Å²) in [7, 11) is 0. The van der Waals surface area contributed by atoms with E-state index in [1.807, 2.05) is 13.8 Å². The van der Waals surface area contributed by atoms with E-state index in [1.54, 1.807) is 19.1 Å². The molecule has 0 radical (unpaired) electrons. The van der Waals surface area contributed by atoms with E-state index in [1.165, 1.54) is 6.07 Å². The van der Waals surface area contributed by atoms with Crippen LogP contribution in [0, 0.1) is 0 Å². The van der Waals surface area contributed by atoms with Gasteiger partial charge in [0.1, 0.15) is 11.3 Å². The van der Waals surface area contributed by atoms with Gasteiger partial charge < -0.3 is 5.11 Å². The third-order valence-corrected chi connectivity index (χ3v) is 2.16. The Hall–Kier alpha value is -1.55. The molecule has 0 fully saturated rings. The minimum absolute atomic E-state index is 0.103. The van der Waals surface area contributed by atoms with Gasteiger partial charge >= 0.3 is 5.97 Å². The molecule has 4 heteroatoms. The summed E-state index contributed by atoms with van der Waals surface area (Å²) in [6, 6.07) is 4.87. The normalized spacial score (nSPS) is 10.5. The standard InChI is InChI=1S/C12H16O4/c1-4-15-16-12(14)10-7-9(8(2)3)5-6-11(10)13/h5-8,13H,4H2,1-3H3. The highest BCUT2D eigenvalue weighted by Gasteiger charge is 2.15. The molecule has 4 nitrogen and oxygen atoms in total. The average molecular weight is 224 g/mol. The number of phenolic OH excluding ortho intramolecular Hbond substituents is 1. The number of aromatic hydroxyl groups is 1. The summed E-state index contributed by atoms with van der Waals surface area (Å²) in [5, 5.41) is 9.53. The molecule has 1 aromatic rings. The van der Waals surface area contributed by atoms with Gasteiger partial charge in [0, 0.05) is 0 Å². The van der Waals surface area contributed by atoms with Crippen LogP contribution in [0.1, 0.15) is 42.6 Å². The fourth-order valence-electron chi connectivity index (χ4n) is 1.23. The molecule has 88 valence electrons. The van der Waals surface area contributed by atoms with Gasteiger partial charge in [0.2, 0.25) is 0 Å². The third kappa shape index (κ3) is 2.97. The molecule has 0 aliphatic heterocycles. The Morgan fingerprint density at radius 3 is 2.69 bits per heavy atom. The van der Waals surface area contributed by atoms with Crippen molar-refractivity contribution in [3.8, 4) is 5.75 Å². The SMILES string of the molecule is CCOOC(=O)c1cc(C(C)C)ccc1O. The van der Waals surface area contributed by atoms with Crippen molar-refractivity contribution in [2.45, 2.75) is 26.7 Å². The summed E-state index contributed by atoms with van der Waals surface area (Å²) >= 11 is 0. The fourth-order valence-corrected chi connectivity index (χ4v) is 1.23. The summed E-state index contributed by atoms with van der Waals surface area (Å²) in [6.45, 7) is 5.99. The van der Waals surface area contributed by atoms with Gasteiger partial charge in [-0.3, -0.25) is 4.89 Å². The molecule has 0 bridgehead atoms. The van der Waals surface area contributed by atoms with Crippen LogP contribution in [0.5, 0.6) is 5.75 Å². The number of carbonyl (C=O) groups is 1. The summed E-state index contributed by atoms with van der Waals surface area (Å²) in [6.07, 6.45) is 0. The van der Waals surface area contributed by atoms with Crippen molar-refractivity contribution in [3.63, 3.8) is 0 Å². The first-order chi connectivity index (χ1) is 7.56. The van der Waals surface area contributed by atoms with Crippen LogP contribution in [-0.4, -0.2) is 17.7 Å². The van der Waals surface area contributed by atoms with E-state index in [-0.39, 0.29) is 23.8 Å². The Bertz CT molecular complexity index is 371. The second-order valence-corrected chi connectivity index (χ2v) is 3.71. The molecule has 1 N–H and O–H groups in total. The zero-order valence-corrected chi connectivity index (χ0v) is 9.69. The highest BCUT2D eigenvalue weighted by Crippen LogP contribution is 2.23. The third-order valence-electron chi connectivity index (χ3n) is 2.16. The molecule has 0 saturated heterocycles. The lowest BCUT2D eigenvalue weighted by Crippen LogP contribution is -2.07. The Kier molecular flexibility index (Phi) is 4.31. The number of hydrogen-bond donors (Lipinski definition) is 1. The average Bonchev–Trinajstić information content (AvgIpc) is 2.26. The summed E-state index contributed by atoms with van der Waals surface area (Å²) in [4.78, 5) is 20.5. The maximum Gasteiger partial charge on any atom is 0.376 e. The second kappa shape index (κ2) is 5.51. The fraction of sp³-hybridized carbons (Fsp3) is 0.417. The van der Waals surface area contributed by atoms with Gasteiger partial charge in [-0.15, -0.1) is 0 Å². The van der Waals surface area contributed by atoms with Crippen LogP contribution in [0.4, 0.5) is 0 Å². The molecular formula is C12H16O4. The van der Waals surface area contributed by atoms with Crippen molar-refractivity contribution >= 4 is 5.97 Å². The lowest BCUT2D eigenvalue weighted by molar-refractivity contribution is -0.237. The minimum atomic E-state index is -0.679. The molecule has 0 aliphatic carbocycles. The van der Waals surface area contributed by atoms with E-state index in [0.717, 1.165) is 5.56 Å². The van der Waals surface area contributed by atoms with Crippen LogP contribution in [0.3, 0.4) is 0 Å². The Morgan fingerprint density at radius 1 is 1.44 bits per heavy atom. The second-order valence-electron chi connectivity index (χ2n) is 3.71. The number of carbonyl (C=O) groups excluding carboxylic acids is 1. The molecule has 0 aliphatic rings. The van der Waals surface area contributed by atoms with Crippen LogP contribution < -0.4 is 0 Å². The Morgan fingerprint density at radius 2 is 2.12 bits per heavy atom. The van der Waals surface area contributed by atoms with Crippen LogP contribution in [0.2, 0.25) is 0 Å². The first-order valence-corrected chi connectivity index (χ1v) is 5.23. The van der Waals surface area contributed by atoms with E-state index in [2.05, 4.69) is 9.78 Å². The van der Waals surface area contributed by atoms with Crippen molar-refractivity contribution in [3.05, 3.63) is 29.3 Å². The molecule has 0 aromatic heterocycles. The van der Waals surface area contributed by atoms with E-state index in [4.69, 9.17) is 0 Å². The molecule has 0 spiro atoms. The van der Waals surface area contributed by atoms with Gasteiger partial charge in [0.05, 0.1) is 6.61 Å². The van der Waals surface area contributed by atoms with Crippen molar-refractivity contribution < 1.29 is 19.7 Å². The zero-order valence-electron chi connectivity index (χ0n) is 9.69. The van der Waals surface area contributed by atoms with Gasteiger partial charge in [-0.25, -0.2) is 4.79 Å². The molecular weight excluding hydrogens is 208 g/mol. The maximum atomic E-state index is 11.5. The summed E-state index contributed by atoms with van der Waals surface area (Å²) < 4.78 is 0. The molecule has 0 unspecified atom stereocenters. The maximum absolute atomic E-state index is 11.5. The highest BCUT2D eigenvalue weighted by atomic mass is 17.2. The predicted octanol–water partition coefficient (Wildman–Crippen LogP) is 2.62. The first-order valence-electron chi connectivity index (χ1n) is 5.23. The van der Waals surface area contributed by atoms with E-state index < -0.39 is 5.97 Å². The number of hydrogen-bond acceptors (Lipinski definition) is 4. The predicted molar refractivity (Wildman–Crippen MR) is 59.2 cm³/mol. The number of rotatable bonds is 4. The Balaban J connectivity index is 2.93. The lowest BCUT2D eigenvalue weighted by atomic mass is 10.0. The zero-order chi connectivity index (χ0) is 12.1. The van der Waals surface area contributed by atoms with Crippen LogP contribution in [0.15, 0.2) is 18.2 Å². The van der Waals surface area contributed by atoms with E-state index in [9.17, 15) is 9.90 Å². The van der Waals surface area contributed by atoms with Crippen molar-refractivity contribution in [2.24, 2.45) is 0 Å². The molecule has 1 rings (SSSR count). The highest BCUT2D eigenvalue weighted by molar-refractivity contribution is 5.92.